The zero-order valence-electron chi connectivity index (χ0n) is 12.6. The molecule has 0 amide bonds. The molecule has 21 heavy (non-hydrogen) atoms. The van der Waals surface area contributed by atoms with Crippen LogP contribution in [-0.2, 0) is 13.2 Å². The van der Waals surface area contributed by atoms with Crippen LogP contribution in [-0.4, -0.2) is 6.04 Å². The molecule has 0 radical (unpaired) electrons. The summed E-state index contributed by atoms with van der Waals surface area (Å²) < 4.78 is 5.77. The third kappa shape index (κ3) is 5.07. The Morgan fingerprint density at radius 2 is 1.86 bits per heavy atom. The molecule has 3 heteroatoms. The molecular formula is C18H22ClNO. The van der Waals surface area contributed by atoms with Crippen molar-refractivity contribution in [3.8, 4) is 5.75 Å². The molecule has 0 saturated heterocycles. The highest BCUT2D eigenvalue weighted by molar-refractivity contribution is 6.32. The average molecular weight is 304 g/mol. The van der Waals surface area contributed by atoms with Crippen LogP contribution in [0.5, 0.6) is 5.75 Å². The van der Waals surface area contributed by atoms with Gasteiger partial charge in [0.1, 0.15) is 12.4 Å². The molecule has 2 aromatic carbocycles. The molecule has 2 aromatic rings. The van der Waals surface area contributed by atoms with Gasteiger partial charge in [-0.05, 0) is 36.6 Å². The Bertz CT molecular complexity index is 556. The number of halogens is 1. The van der Waals surface area contributed by atoms with Gasteiger partial charge >= 0.3 is 0 Å². The largest absolute Gasteiger partial charge is 0.487 e. The second kappa shape index (κ2) is 8.06. The van der Waals surface area contributed by atoms with Crippen LogP contribution in [0.1, 0.15) is 31.4 Å². The van der Waals surface area contributed by atoms with Gasteiger partial charge in [0, 0.05) is 12.6 Å². The van der Waals surface area contributed by atoms with Gasteiger partial charge in [-0.15, -0.1) is 0 Å². The summed E-state index contributed by atoms with van der Waals surface area (Å²) in [5, 5.41) is 4.12. The molecule has 0 saturated carbocycles. The Morgan fingerprint density at radius 1 is 1.10 bits per heavy atom. The Hall–Kier alpha value is -1.51. The average Bonchev–Trinajstić information content (AvgIpc) is 2.52. The van der Waals surface area contributed by atoms with Gasteiger partial charge in [0.05, 0.1) is 5.02 Å². The third-order valence-electron chi connectivity index (χ3n) is 3.50. The van der Waals surface area contributed by atoms with Crippen molar-refractivity contribution in [2.45, 2.75) is 39.5 Å². The van der Waals surface area contributed by atoms with E-state index in [1.165, 1.54) is 5.56 Å². The van der Waals surface area contributed by atoms with Crippen LogP contribution >= 0.6 is 11.6 Å². The lowest BCUT2D eigenvalue weighted by Crippen LogP contribution is -2.24. The predicted molar refractivity (Wildman–Crippen MR) is 88.8 cm³/mol. The van der Waals surface area contributed by atoms with Crippen LogP contribution in [0.15, 0.2) is 48.5 Å². The normalized spacial score (nSPS) is 12.1. The number of hydrogen-bond acceptors (Lipinski definition) is 2. The SMILES string of the molecule is CC[C@@H](C)NCc1ccc(OCc2ccccc2)c(Cl)c1. The van der Waals surface area contributed by atoms with Crippen LogP contribution in [0.25, 0.3) is 0 Å². The van der Waals surface area contributed by atoms with Gasteiger partial charge in [-0.2, -0.15) is 0 Å². The van der Waals surface area contributed by atoms with E-state index in [2.05, 4.69) is 25.2 Å². The predicted octanol–water partition coefficient (Wildman–Crippen LogP) is 4.81. The summed E-state index contributed by atoms with van der Waals surface area (Å²) in [4.78, 5) is 0. The molecule has 0 fully saturated rings. The molecule has 0 heterocycles. The summed E-state index contributed by atoms with van der Waals surface area (Å²) in [5.74, 6) is 0.729. The lowest BCUT2D eigenvalue weighted by atomic mass is 10.2. The monoisotopic (exact) mass is 303 g/mol. The summed E-state index contributed by atoms with van der Waals surface area (Å²) in [7, 11) is 0. The third-order valence-corrected chi connectivity index (χ3v) is 3.80. The fraction of sp³-hybridized carbons (Fsp3) is 0.333. The molecular weight excluding hydrogens is 282 g/mol. The van der Waals surface area contributed by atoms with Crippen LogP contribution in [0.4, 0.5) is 0 Å². The molecule has 112 valence electrons. The first-order valence-electron chi connectivity index (χ1n) is 7.37. The molecule has 2 rings (SSSR count). The van der Waals surface area contributed by atoms with E-state index in [1.54, 1.807) is 0 Å². The molecule has 0 aliphatic heterocycles. The van der Waals surface area contributed by atoms with Crippen LogP contribution < -0.4 is 10.1 Å². The zero-order valence-corrected chi connectivity index (χ0v) is 13.4. The maximum atomic E-state index is 6.29. The first kappa shape index (κ1) is 15.9. The highest BCUT2D eigenvalue weighted by Gasteiger charge is 2.05. The fourth-order valence-corrected chi connectivity index (χ4v) is 2.20. The Labute approximate surface area is 132 Å². The first-order valence-corrected chi connectivity index (χ1v) is 7.75. The van der Waals surface area contributed by atoms with E-state index in [0.717, 1.165) is 24.3 Å². The fourth-order valence-electron chi connectivity index (χ4n) is 1.94. The second-order valence-corrected chi connectivity index (χ2v) is 5.64. The second-order valence-electron chi connectivity index (χ2n) is 5.23. The number of nitrogens with one attached hydrogen (secondary N) is 1. The first-order chi connectivity index (χ1) is 10.2. The van der Waals surface area contributed by atoms with Crippen LogP contribution in [0, 0.1) is 0 Å². The Balaban J connectivity index is 1.93. The van der Waals surface area contributed by atoms with E-state index in [0.29, 0.717) is 17.7 Å². The summed E-state index contributed by atoms with van der Waals surface area (Å²) in [6.07, 6.45) is 1.12. The van der Waals surface area contributed by atoms with E-state index in [-0.39, 0.29) is 0 Å². The van der Waals surface area contributed by atoms with Gasteiger partial charge in [-0.1, -0.05) is 54.9 Å². The van der Waals surface area contributed by atoms with E-state index >= 15 is 0 Å². The molecule has 0 aromatic heterocycles. The lowest BCUT2D eigenvalue weighted by molar-refractivity contribution is 0.306. The molecule has 0 aliphatic carbocycles. The molecule has 0 bridgehead atoms. The Kier molecular flexibility index (Phi) is 6.09. The van der Waals surface area contributed by atoms with Crippen molar-refractivity contribution in [1.82, 2.24) is 5.32 Å². The van der Waals surface area contributed by atoms with Crippen molar-refractivity contribution < 1.29 is 4.74 Å². The maximum Gasteiger partial charge on any atom is 0.138 e. The van der Waals surface area contributed by atoms with Gasteiger partial charge in [-0.3, -0.25) is 0 Å². The van der Waals surface area contributed by atoms with E-state index in [1.807, 2.05) is 42.5 Å². The standard InChI is InChI=1S/C18H22ClNO/c1-3-14(2)20-12-16-9-10-18(17(19)11-16)21-13-15-7-5-4-6-8-15/h4-11,14,20H,3,12-13H2,1-2H3/t14-/m1/s1. The van der Waals surface area contributed by atoms with Gasteiger partial charge in [0.25, 0.3) is 0 Å². The summed E-state index contributed by atoms with van der Waals surface area (Å²) in [6.45, 7) is 5.71. The van der Waals surface area contributed by atoms with Crippen LogP contribution in [0.3, 0.4) is 0 Å². The molecule has 0 spiro atoms. The van der Waals surface area contributed by atoms with Crippen molar-refractivity contribution in [2.75, 3.05) is 0 Å². The summed E-state index contributed by atoms with van der Waals surface area (Å²) in [5.41, 5.74) is 2.31. The number of benzene rings is 2. The van der Waals surface area contributed by atoms with E-state index in [4.69, 9.17) is 16.3 Å². The van der Waals surface area contributed by atoms with Crippen molar-refractivity contribution in [3.63, 3.8) is 0 Å². The van der Waals surface area contributed by atoms with Gasteiger partial charge in [0.15, 0.2) is 0 Å². The zero-order chi connectivity index (χ0) is 15.1. The van der Waals surface area contributed by atoms with Crippen molar-refractivity contribution in [1.29, 1.82) is 0 Å². The smallest absolute Gasteiger partial charge is 0.138 e. The highest BCUT2D eigenvalue weighted by Crippen LogP contribution is 2.26. The topological polar surface area (TPSA) is 21.3 Å². The molecule has 1 atom stereocenters. The number of rotatable bonds is 7. The molecule has 0 aliphatic rings. The van der Waals surface area contributed by atoms with Crippen molar-refractivity contribution in [3.05, 3.63) is 64.7 Å². The van der Waals surface area contributed by atoms with Crippen molar-refractivity contribution >= 4 is 11.6 Å². The molecule has 1 N–H and O–H groups in total. The van der Waals surface area contributed by atoms with Gasteiger partial charge in [-0.25, -0.2) is 0 Å². The highest BCUT2D eigenvalue weighted by atomic mass is 35.5. The minimum atomic E-state index is 0.512. The van der Waals surface area contributed by atoms with Crippen LogP contribution in [0.2, 0.25) is 5.02 Å². The summed E-state index contributed by atoms with van der Waals surface area (Å²) in [6, 6.07) is 16.6. The lowest BCUT2D eigenvalue weighted by Gasteiger charge is -2.13. The quantitative estimate of drug-likeness (QED) is 0.793. The van der Waals surface area contributed by atoms with Crippen molar-refractivity contribution in [2.24, 2.45) is 0 Å². The maximum absolute atomic E-state index is 6.29. The number of hydrogen-bond donors (Lipinski definition) is 1. The van der Waals surface area contributed by atoms with Gasteiger partial charge in [0.2, 0.25) is 0 Å². The Morgan fingerprint density at radius 3 is 2.52 bits per heavy atom. The molecule has 2 nitrogen and oxygen atoms in total. The summed E-state index contributed by atoms with van der Waals surface area (Å²) >= 11 is 6.29. The molecule has 0 unspecified atom stereocenters. The minimum absolute atomic E-state index is 0.512. The van der Waals surface area contributed by atoms with E-state index < -0.39 is 0 Å². The van der Waals surface area contributed by atoms with E-state index in [9.17, 15) is 0 Å². The minimum Gasteiger partial charge on any atom is -0.487 e. The van der Waals surface area contributed by atoms with Gasteiger partial charge < -0.3 is 10.1 Å². The number of ether oxygens (including phenoxy) is 1.